The van der Waals surface area contributed by atoms with Crippen LogP contribution in [0.5, 0.6) is 0 Å². The van der Waals surface area contributed by atoms with Gasteiger partial charge in [0, 0.05) is 6.04 Å². The minimum absolute atomic E-state index is 0.0152. The molecule has 0 radical (unpaired) electrons. The van der Waals surface area contributed by atoms with Crippen LogP contribution in [0.3, 0.4) is 0 Å². The Balaban J connectivity index is 0.000000872. The Labute approximate surface area is 298 Å². The number of nitrogens with two attached hydrogens (primary N) is 1. The summed E-state index contributed by atoms with van der Waals surface area (Å²) in [7, 11) is -4.45. The van der Waals surface area contributed by atoms with Crippen molar-refractivity contribution in [3.63, 3.8) is 0 Å². The summed E-state index contributed by atoms with van der Waals surface area (Å²) in [6, 6.07) is 0.573. The van der Waals surface area contributed by atoms with Crippen molar-refractivity contribution in [2.24, 2.45) is 58.0 Å². The Kier molecular flexibility index (Phi) is 15.9. The summed E-state index contributed by atoms with van der Waals surface area (Å²) >= 11 is 0. The lowest BCUT2D eigenvalue weighted by molar-refractivity contribution is -0.192. The Bertz CT molecular complexity index is 1180. The van der Waals surface area contributed by atoms with E-state index < -0.39 is 28.6 Å². The Hall–Kier alpha value is -1.03. The van der Waals surface area contributed by atoms with Gasteiger partial charge in [0.05, 0.1) is 12.2 Å². The maximum absolute atomic E-state index is 11.8. The number of halogens is 3. The van der Waals surface area contributed by atoms with E-state index in [-0.39, 0.29) is 17.4 Å². The van der Waals surface area contributed by atoms with Crippen LogP contribution in [0.2, 0.25) is 0 Å². The molecule has 0 saturated heterocycles. The van der Waals surface area contributed by atoms with Gasteiger partial charge in [-0.15, -0.1) is 0 Å². The highest BCUT2D eigenvalue weighted by atomic mass is 32.3. The summed E-state index contributed by atoms with van der Waals surface area (Å²) in [6.45, 7) is 15.3. The number of carboxylic acid groups (broad SMARTS) is 1. The fourth-order valence-corrected chi connectivity index (χ4v) is 11.3. The molecule has 4 rings (SSSR count). The topological polar surface area (TPSA) is 171 Å². The van der Waals surface area contributed by atoms with Crippen LogP contribution >= 0.6 is 0 Å². The number of alkyl halides is 3. The molecule has 294 valence electrons. The molecule has 0 spiro atoms. The second-order valence-corrected chi connectivity index (χ2v) is 17.8. The van der Waals surface area contributed by atoms with Gasteiger partial charge in [-0.25, -0.2) is 8.98 Å². The van der Waals surface area contributed by atoms with Gasteiger partial charge in [0.1, 0.15) is 0 Å². The predicted octanol–water partition coefficient (Wildman–Crippen LogP) is 6.19. The fourth-order valence-electron chi connectivity index (χ4n) is 10.7. The van der Waals surface area contributed by atoms with Crippen LogP contribution in [0.25, 0.3) is 0 Å². The van der Waals surface area contributed by atoms with E-state index in [4.69, 9.17) is 19.8 Å². The smallest absolute Gasteiger partial charge is 0.475 e. The molecule has 0 aromatic rings. The number of carbonyl (C=O) groups is 1. The first-order valence-corrected chi connectivity index (χ1v) is 20.4. The number of rotatable bonds is 16. The number of carboxylic acids is 1. The largest absolute Gasteiger partial charge is 0.490 e. The minimum atomic E-state index is -5.08. The standard InChI is InChI=1S/C34H65N3O5S.C2HF3O2/c1-23(2)31(42-43(39,40)41)12-9-24(3)27-10-11-28-32-29(14-16-34(27,28)5)33(4)15-13-26(21-25(33)22-30(32)38)37-20-8-19-36-18-7-6-17-35;3-2(4,5)1(6)7/h23-32,36-38H,6-22,35H2,1-5H3,(H,39,40,41);(H,6,7)/t24-,25-,26+,27-,28+,29+,30+,31-,32+,33+,34-;/m1./s1. The van der Waals surface area contributed by atoms with Gasteiger partial charge in [0.25, 0.3) is 0 Å². The second kappa shape index (κ2) is 18.3. The number of hydrogen-bond acceptors (Lipinski definition) is 8. The van der Waals surface area contributed by atoms with Gasteiger partial charge in [-0.3, -0.25) is 4.55 Å². The lowest BCUT2D eigenvalue weighted by Crippen LogP contribution is -2.59. The Morgan fingerprint density at radius 2 is 1.56 bits per heavy atom. The van der Waals surface area contributed by atoms with Gasteiger partial charge in [0.2, 0.25) is 0 Å². The van der Waals surface area contributed by atoms with Crippen LogP contribution in [-0.4, -0.2) is 79.8 Å². The molecule has 0 unspecified atom stereocenters. The molecule has 10 nitrogen and oxygen atoms in total. The summed E-state index contributed by atoms with van der Waals surface area (Å²) in [4.78, 5) is 8.90. The van der Waals surface area contributed by atoms with Crippen LogP contribution in [0.4, 0.5) is 13.2 Å². The SMILES string of the molecule is CC(C)[C@@H](CC[C@@H](C)[C@H]1CC[C@H]2[C@@H]3[C@@H](O)C[C@H]4C[C@@H](NCCCNCCCCN)CC[C@]4(C)[C@H]3CC[C@]12C)OS(=O)(=O)O.O=C(O)C(F)(F)F. The molecule has 0 heterocycles. The first kappa shape index (κ1) is 43.4. The maximum atomic E-state index is 11.8. The van der Waals surface area contributed by atoms with E-state index in [1.807, 2.05) is 13.8 Å². The van der Waals surface area contributed by atoms with E-state index in [0.29, 0.717) is 53.4 Å². The summed E-state index contributed by atoms with van der Waals surface area (Å²) in [5, 5.41) is 26.3. The third-order valence-corrected chi connectivity index (χ3v) is 13.8. The Morgan fingerprint density at radius 1 is 0.940 bits per heavy atom. The average molecular weight is 742 g/mol. The summed E-state index contributed by atoms with van der Waals surface area (Å²) < 4.78 is 68.8. The number of aliphatic hydroxyl groups excluding tert-OH is 1. The molecular weight excluding hydrogens is 675 g/mol. The molecule has 0 aromatic heterocycles. The van der Waals surface area contributed by atoms with Crippen LogP contribution in [0, 0.1) is 52.3 Å². The first-order chi connectivity index (χ1) is 23.2. The number of fused-ring (bicyclic) bond motifs is 5. The lowest BCUT2D eigenvalue weighted by atomic mass is 9.43. The minimum Gasteiger partial charge on any atom is -0.475 e. The number of hydrogen-bond donors (Lipinski definition) is 6. The van der Waals surface area contributed by atoms with Crippen molar-refractivity contribution in [1.82, 2.24) is 10.6 Å². The van der Waals surface area contributed by atoms with E-state index >= 15 is 0 Å². The average Bonchev–Trinajstić information content (AvgIpc) is 3.37. The molecular formula is C36H66F3N3O7S. The van der Waals surface area contributed by atoms with Gasteiger partial charge in [0.15, 0.2) is 0 Å². The highest BCUT2D eigenvalue weighted by molar-refractivity contribution is 7.80. The molecule has 4 aliphatic carbocycles. The normalized spacial score (nSPS) is 35.3. The van der Waals surface area contributed by atoms with Crippen LogP contribution < -0.4 is 16.4 Å². The van der Waals surface area contributed by atoms with Crippen molar-refractivity contribution in [2.45, 2.75) is 143 Å². The van der Waals surface area contributed by atoms with E-state index in [1.165, 1.54) is 44.9 Å². The molecule has 50 heavy (non-hydrogen) atoms. The molecule has 4 aliphatic rings. The number of aliphatic carboxylic acids is 1. The molecule has 0 amide bonds. The summed E-state index contributed by atoms with van der Waals surface area (Å²) in [5.74, 6) is 0.456. The van der Waals surface area contributed by atoms with Crippen molar-refractivity contribution in [2.75, 3.05) is 26.2 Å². The fraction of sp³-hybridized carbons (Fsp3) is 0.972. The number of nitrogens with one attached hydrogen (secondary N) is 2. The van der Waals surface area contributed by atoms with Gasteiger partial charge in [-0.1, -0.05) is 34.6 Å². The van der Waals surface area contributed by atoms with Crippen LogP contribution in [0.1, 0.15) is 118 Å². The molecule has 0 aromatic carbocycles. The van der Waals surface area contributed by atoms with E-state index in [1.54, 1.807) is 0 Å². The number of unbranched alkanes of at least 4 members (excludes halogenated alkanes) is 1. The molecule has 4 fully saturated rings. The zero-order chi connectivity index (χ0) is 37.5. The van der Waals surface area contributed by atoms with Gasteiger partial charge in [-0.2, -0.15) is 21.6 Å². The maximum Gasteiger partial charge on any atom is 0.490 e. The highest BCUT2D eigenvalue weighted by Crippen LogP contribution is 2.68. The monoisotopic (exact) mass is 741 g/mol. The summed E-state index contributed by atoms with van der Waals surface area (Å²) in [5.41, 5.74) is 6.13. The molecule has 4 saturated carbocycles. The van der Waals surface area contributed by atoms with Gasteiger partial charge in [-0.05, 0) is 162 Å². The van der Waals surface area contributed by atoms with E-state index in [0.717, 1.165) is 58.3 Å². The number of aliphatic hydroxyl groups is 1. The van der Waals surface area contributed by atoms with Crippen LogP contribution in [0.15, 0.2) is 0 Å². The molecule has 0 bridgehead atoms. The lowest BCUT2D eigenvalue weighted by Gasteiger charge is -2.62. The molecule has 7 N–H and O–H groups in total. The first-order valence-electron chi connectivity index (χ1n) is 19.0. The molecule has 14 heteroatoms. The predicted molar refractivity (Wildman–Crippen MR) is 188 cm³/mol. The highest BCUT2D eigenvalue weighted by Gasteiger charge is 2.62. The van der Waals surface area contributed by atoms with Crippen molar-refractivity contribution in [3.8, 4) is 0 Å². The van der Waals surface area contributed by atoms with Gasteiger partial charge < -0.3 is 26.6 Å². The zero-order valence-electron chi connectivity index (χ0n) is 30.9. The zero-order valence-corrected chi connectivity index (χ0v) is 31.7. The third-order valence-electron chi connectivity index (χ3n) is 13.4. The van der Waals surface area contributed by atoms with E-state index in [9.17, 15) is 31.2 Å². The Morgan fingerprint density at radius 3 is 2.16 bits per heavy atom. The van der Waals surface area contributed by atoms with Crippen molar-refractivity contribution in [3.05, 3.63) is 0 Å². The van der Waals surface area contributed by atoms with Crippen LogP contribution in [-0.2, 0) is 19.4 Å². The second-order valence-electron chi connectivity index (χ2n) is 16.7. The quantitative estimate of drug-likeness (QED) is 0.0793. The van der Waals surface area contributed by atoms with Crippen molar-refractivity contribution >= 4 is 16.4 Å². The van der Waals surface area contributed by atoms with Crippen molar-refractivity contribution in [1.29, 1.82) is 0 Å². The van der Waals surface area contributed by atoms with Crippen molar-refractivity contribution < 1.29 is 45.3 Å². The third kappa shape index (κ3) is 11.2. The van der Waals surface area contributed by atoms with Gasteiger partial charge >= 0.3 is 22.5 Å². The summed E-state index contributed by atoms with van der Waals surface area (Å²) in [6.07, 6.45) is 8.66. The van der Waals surface area contributed by atoms with E-state index in [2.05, 4.69) is 31.4 Å². The molecule has 11 atom stereocenters. The molecule has 0 aliphatic heterocycles.